The molecule has 1 aromatic carbocycles. The monoisotopic (exact) mass is 409 g/mol. The Balaban J connectivity index is 1.34. The van der Waals surface area contributed by atoms with Crippen molar-refractivity contribution in [2.24, 2.45) is 0 Å². The third-order valence-electron chi connectivity index (χ3n) is 5.76. The zero-order chi connectivity index (χ0) is 20.3. The maximum Gasteiger partial charge on any atom is 0.184 e. The molecule has 0 amide bonds. The summed E-state index contributed by atoms with van der Waals surface area (Å²) >= 11 is 0. The average Bonchev–Trinajstić information content (AvgIpc) is 3.19. The summed E-state index contributed by atoms with van der Waals surface area (Å²) in [5.41, 5.74) is 0.918. The fraction of sp³-hybridized carbons (Fsp3) is 0.714. The topological polar surface area (TPSA) is 87.6 Å². The molecule has 0 unspecified atom stereocenters. The molecule has 8 nitrogen and oxygen atoms in total. The largest absolute Gasteiger partial charge is 0.388 e. The van der Waals surface area contributed by atoms with Gasteiger partial charge in [0.15, 0.2) is 18.4 Å². The Kier molecular flexibility index (Phi) is 6.83. The van der Waals surface area contributed by atoms with Crippen molar-refractivity contribution >= 4 is 0 Å². The molecular formula is C21H31NO7. The molecule has 3 aliphatic heterocycles. The summed E-state index contributed by atoms with van der Waals surface area (Å²) in [7, 11) is 1.57. The number of hydrogen-bond acceptors (Lipinski definition) is 8. The maximum atomic E-state index is 11.0. The van der Waals surface area contributed by atoms with Crippen molar-refractivity contribution in [3.63, 3.8) is 0 Å². The van der Waals surface area contributed by atoms with E-state index in [2.05, 4.69) is 5.32 Å². The van der Waals surface area contributed by atoms with Gasteiger partial charge in [-0.05, 0) is 19.9 Å². The SMILES string of the molecule is CO[C@H]1O[C@@H]2CO[C@@H](c3ccccc3)O[C@H]2[C@H](O)[C@@H]1NCCCC1(C)OCCO1. The fourth-order valence-electron chi connectivity index (χ4n) is 4.17. The van der Waals surface area contributed by atoms with Crippen LogP contribution in [0.5, 0.6) is 0 Å². The molecule has 0 spiro atoms. The Hall–Kier alpha value is -1.10. The summed E-state index contributed by atoms with van der Waals surface area (Å²) < 4.78 is 34.7. The fourth-order valence-corrected chi connectivity index (χ4v) is 4.17. The number of aliphatic hydroxyl groups excluding tert-OH is 1. The van der Waals surface area contributed by atoms with Crippen LogP contribution < -0.4 is 5.32 Å². The second kappa shape index (κ2) is 9.36. The van der Waals surface area contributed by atoms with E-state index in [9.17, 15) is 5.11 Å². The Labute approximate surface area is 171 Å². The van der Waals surface area contributed by atoms with Crippen LogP contribution in [0.4, 0.5) is 0 Å². The number of nitrogens with one attached hydrogen (secondary N) is 1. The molecule has 2 N–H and O–H groups in total. The van der Waals surface area contributed by atoms with Crippen molar-refractivity contribution in [2.45, 2.75) is 62.5 Å². The summed E-state index contributed by atoms with van der Waals surface area (Å²) in [5.74, 6) is -0.512. The van der Waals surface area contributed by atoms with Gasteiger partial charge in [0.05, 0.1) is 25.9 Å². The molecule has 1 aromatic rings. The summed E-state index contributed by atoms with van der Waals surface area (Å²) in [5, 5.41) is 14.4. The van der Waals surface area contributed by atoms with E-state index in [0.29, 0.717) is 26.4 Å². The number of fused-ring (bicyclic) bond motifs is 1. The molecule has 3 saturated heterocycles. The van der Waals surface area contributed by atoms with Crippen molar-refractivity contribution in [3.8, 4) is 0 Å². The Morgan fingerprint density at radius 3 is 2.66 bits per heavy atom. The van der Waals surface area contributed by atoms with Gasteiger partial charge in [0, 0.05) is 19.1 Å². The first-order chi connectivity index (χ1) is 14.1. The van der Waals surface area contributed by atoms with Crippen LogP contribution in [0.25, 0.3) is 0 Å². The van der Waals surface area contributed by atoms with Gasteiger partial charge in [0.2, 0.25) is 0 Å². The number of hydrogen-bond donors (Lipinski definition) is 2. The highest BCUT2D eigenvalue weighted by molar-refractivity contribution is 5.16. The molecule has 0 saturated carbocycles. The van der Waals surface area contributed by atoms with Gasteiger partial charge in [-0.2, -0.15) is 0 Å². The number of aliphatic hydroxyl groups is 1. The van der Waals surface area contributed by atoms with Crippen molar-refractivity contribution in [1.82, 2.24) is 5.32 Å². The molecule has 3 heterocycles. The lowest BCUT2D eigenvalue weighted by molar-refractivity contribution is -0.341. The van der Waals surface area contributed by atoms with Gasteiger partial charge in [-0.15, -0.1) is 0 Å². The van der Waals surface area contributed by atoms with Gasteiger partial charge < -0.3 is 38.8 Å². The van der Waals surface area contributed by atoms with Crippen molar-refractivity contribution < 1.29 is 33.5 Å². The van der Waals surface area contributed by atoms with Crippen LogP contribution in [0.2, 0.25) is 0 Å². The van der Waals surface area contributed by atoms with Crippen LogP contribution in [-0.2, 0) is 28.4 Å². The lowest BCUT2D eigenvalue weighted by Gasteiger charge is -2.47. The smallest absolute Gasteiger partial charge is 0.184 e. The van der Waals surface area contributed by atoms with Crippen molar-refractivity contribution in [1.29, 1.82) is 0 Å². The normalized spacial score (nSPS) is 36.7. The Morgan fingerprint density at radius 1 is 1.17 bits per heavy atom. The molecule has 29 heavy (non-hydrogen) atoms. The summed E-state index contributed by atoms with van der Waals surface area (Å²) in [4.78, 5) is 0. The lowest BCUT2D eigenvalue weighted by atomic mass is 9.95. The maximum absolute atomic E-state index is 11.0. The molecule has 3 fully saturated rings. The van der Waals surface area contributed by atoms with E-state index in [-0.39, 0.29) is 6.10 Å². The van der Waals surface area contributed by atoms with E-state index >= 15 is 0 Å². The molecule has 4 rings (SSSR count). The van der Waals surface area contributed by atoms with Gasteiger partial charge >= 0.3 is 0 Å². The minimum Gasteiger partial charge on any atom is -0.388 e. The van der Waals surface area contributed by atoms with Gasteiger partial charge in [0.1, 0.15) is 18.3 Å². The minimum absolute atomic E-state index is 0.334. The zero-order valence-electron chi connectivity index (χ0n) is 17.0. The van der Waals surface area contributed by atoms with Crippen LogP contribution >= 0.6 is 0 Å². The van der Waals surface area contributed by atoms with Crippen LogP contribution in [0, 0.1) is 0 Å². The van der Waals surface area contributed by atoms with E-state index < -0.39 is 36.6 Å². The number of rotatable bonds is 7. The predicted molar refractivity (Wildman–Crippen MR) is 103 cm³/mol. The van der Waals surface area contributed by atoms with Crippen molar-refractivity contribution in [3.05, 3.63) is 35.9 Å². The van der Waals surface area contributed by atoms with Gasteiger partial charge in [-0.3, -0.25) is 0 Å². The number of benzene rings is 1. The molecule has 8 heteroatoms. The second-order valence-corrected chi connectivity index (χ2v) is 7.86. The molecule has 0 radical (unpaired) electrons. The number of ether oxygens (including phenoxy) is 6. The third-order valence-corrected chi connectivity index (χ3v) is 5.76. The zero-order valence-corrected chi connectivity index (χ0v) is 17.0. The van der Waals surface area contributed by atoms with Crippen LogP contribution in [0.15, 0.2) is 30.3 Å². The molecule has 0 bridgehead atoms. The molecule has 0 aromatic heterocycles. The highest BCUT2D eigenvalue weighted by atomic mass is 16.7. The highest BCUT2D eigenvalue weighted by Gasteiger charge is 2.49. The van der Waals surface area contributed by atoms with Crippen molar-refractivity contribution in [2.75, 3.05) is 33.5 Å². The molecule has 3 aliphatic rings. The Bertz CT molecular complexity index is 639. The second-order valence-electron chi connectivity index (χ2n) is 7.86. The van der Waals surface area contributed by atoms with Crippen LogP contribution in [-0.4, -0.2) is 75.0 Å². The quantitative estimate of drug-likeness (QED) is 0.653. The first-order valence-electron chi connectivity index (χ1n) is 10.3. The standard InChI is InChI=1S/C21H31NO7/c1-21(26-11-12-27-21)9-6-10-22-16-17(23)18-15(28-20(16)24-2)13-25-19(29-18)14-7-4-3-5-8-14/h3-5,7-8,15-20,22-23H,6,9-13H2,1-2H3/t15-,16+,17-,18-,19-,20+/m1/s1. The minimum atomic E-state index is -0.789. The van der Waals surface area contributed by atoms with E-state index in [0.717, 1.165) is 18.4 Å². The van der Waals surface area contributed by atoms with Gasteiger partial charge in [-0.25, -0.2) is 0 Å². The average molecular weight is 409 g/mol. The Morgan fingerprint density at radius 2 is 1.93 bits per heavy atom. The molecule has 0 aliphatic carbocycles. The highest BCUT2D eigenvalue weighted by Crippen LogP contribution is 2.34. The summed E-state index contributed by atoms with van der Waals surface area (Å²) in [6, 6.07) is 9.30. The molecular weight excluding hydrogens is 378 g/mol. The summed E-state index contributed by atoms with van der Waals surface area (Å²) in [6.45, 7) is 4.23. The van der Waals surface area contributed by atoms with Gasteiger partial charge in [-0.1, -0.05) is 30.3 Å². The van der Waals surface area contributed by atoms with Gasteiger partial charge in [0.25, 0.3) is 0 Å². The summed E-state index contributed by atoms with van der Waals surface area (Å²) in [6.07, 6.45) is -1.17. The van der Waals surface area contributed by atoms with Crippen LogP contribution in [0.3, 0.4) is 0 Å². The molecule has 6 atom stereocenters. The third kappa shape index (κ3) is 4.81. The predicted octanol–water partition coefficient (Wildman–Crippen LogP) is 1.33. The number of methoxy groups -OCH3 is 1. The van der Waals surface area contributed by atoms with E-state index in [1.807, 2.05) is 37.3 Å². The first-order valence-corrected chi connectivity index (χ1v) is 10.3. The molecule has 162 valence electrons. The van der Waals surface area contributed by atoms with E-state index in [4.69, 9.17) is 28.4 Å². The lowest BCUT2D eigenvalue weighted by Crippen LogP contribution is -2.66. The first kappa shape index (κ1) is 21.1. The van der Waals surface area contributed by atoms with E-state index in [1.54, 1.807) is 7.11 Å². The van der Waals surface area contributed by atoms with Crippen LogP contribution in [0.1, 0.15) is 31.6 Å². The van der Waals surface area contributed by atoms with E-state index in [1.165, 1.54) is 0 Å².